The molecule has 0 bridgehead atoms. The maximum Gasteiger partial charge on any atom is 0.0755 e. The highest BCUT2D eigenvalue weighted by molar-refractivity contribution is 6.10. The van der Waals surface area contributed by atoms with Crippen LogP contribution in [0.15, 0.2) is 285 Å². The van der Waals surface area contributed by atoms with Gasteiger partial charge in [0.1, 0.15) is 0 Å². The second-order valence-electron chi connectivity index (χ2n) is 19.5. The monoisotopic (exact) mass is 941 g/mol. The molecule has 2 heterocycles. The van der Waals surface area contributed by atoms with Crippen molar-refractivity contribution in [3.05, 3.63) is 307 Å². The molecule has 74 heavy (non-hydrogen) atoms. The fraction of sp³-hybridized carbons (Fsp3) is 0.0141. The Morgan fingerprint density at radius 2 is 0.757 bits per heavy atom. The Labute approximate surface area is 430 Å². The van der Waals surface area contributed by atoms with Crippen molar-refractivity contribution in [2.75, 3.05) is 9.80 Å². The Morgan fingerprint density at radius 3 is 1.46 bits per heavy atom. The second kappa shape index (κ2) is 16.7. The van der Waals surface area contributed by atoms with E-state index in [9.17, 15) is 0 Å². The minimum Gasteiger partial charge on any atom is -0.310 e. The van der Waals surface area contributed by atoms with Gasteiger partial charge in [0.25, 0.3) is 0 Å². The Kier molecular flexibility index (Phi) is 9.48. The molecule has 2 aliphatic rings. The molecule has 1 spiro atoms. The Bertz CT molecular complexity index is 4230. The predicted octanol–water partition coefficient (Wildman–Crippen LogP) is 18.9. The van der Waals surface area contributed by atoms with Crippen molar-refractivity contribution >= 4 is 66.7 Å². The van der Waals surface area contributed by atoms with Gasteiger partial charge in [0.15, 0.2) is 0 Å². The van der Waals surface area contributed by atoms with Gasteiger partial charge in [-0.05, 0) is 128 Å². The molecule has 13 aromatic rings. The summed E-state index contributed by atoms with van der Waals surface area (Å²) in [5.41, 5.74) is 21.9. The van der Waals surface area contributed by atoms with Crippen molar-refractivity contribution in [2.24, 2.45) is 0 Å². The lowest BCUT2D eigenvalue weighted by molar-refractivity contribution is 0.752. The van der Waals surface area contributed by atoms with E-state index in [4.69, 9.17) is 0 Å². The quantitative estimate of drug-likeness (QED) is 0.158. The standard InChI is InChI=1S/C71H47N3/c1-2-24-49(25-3-1)74-67-41-18-13-35-61(67)71(62-36-14-19-42-68(62)74)60-34-12-8-32-59(60)70-63(71)37-21-43-69(70)73(51-46-44-50(45-47-51)72-65-39-16-10-30-57(65)58-31-11-17-40-66(58)72)64-38-15-9-29-56(64)55-28-7-6-27-54(55)53-33-20-23-48-22-4-5-26-52(48)53/h1-47H. The van der Waals surface area contributed by atoms with E-state index in [0.29, 0.717) is 0 Å². The van der Waals surface area contributed by atoms with E-state index < -0.39 is 5.41 Å². The van der Waals surface area contributed by atoms with Crippen LogP contribution >= 0.6 is 0 Å². The third-order valence-corrected chi connectivity index (χ3v) is 15.8. The summed E-state index contributed by atoms with van der Waals surface area (Å²) in [7, 11) is 0. The zero-order valence-electron chi connectivity index (χ0n) is 40.5. The third-order valence-electron chi connectivity index (χ3n) is 15.8. The van der Waals surface area contributed by atoms with E-state index in [1.165, 1.54) is 94.0 Å². The van der Waals surface area contributed by atoms with E-state index in [-0.39, 0.29) is 0 Å². The first-order valence-electron chi connectivity index (χ1n) is 25.6. The zero-order valence-corrected chi connectivity index (χ0v) is 40.5. The SMILES string of the molecule is c1ccc(N2c3ccccc3C3(c4ccccc4-c4c(N(c5ccc(-n6c7ccccc7c7ccccc76)cc5)c5ccccc5-c5ccccc5-c5cccc6ccccc56)cccc43)c3ccccc32)cc1. The molecule has 0 unspecified atom stereocenters. The van der Waals surface area contributed by atoms with Gasteiger partial charge in [-0.15, -0.1) is 0 Å². The first-order chi connectivity index (χ1) is 36.8. The summed E-state index contributed by atoms with van der Waals surface area (Å²) in [5.74, 6) is 0. The lowest BCUT2D eigenvalue weighted by atomic mass is 9.64. The Morgan fingerprint density at radius 1 is 0.284 bits per heavy atom. The molecule has 0 fully saturated rings. The molecule has 3 heteroatoms. The van der Waals surface area contributed by atoms with Crippen LogP contribution in [0.1, 0.15) is 22.3 Å². The van der Waals surface area contributed by atoms with Crippen LogP contribution in [-0.4, -0.2) is 4.57 Å². The number of benzene rings is 12. The van der Waals surface area contributed by atoms with Gasteiger partial charge in [0, 0.05) is 39.0 Å². The van der Waals surface area contributed by atoms with Crippen molar-refractivity contribution in [3.63, 3.8) is 0 Å². The summed E-state index contributed by atoms with van der Waals surface area (Å²) in [6, 6.07) is 105. The van der Waals surface area contributed by atoms with E-state index in [0.717, 1.165) is 34.0 Å². The van der Waals surface area contributed by atoms with Gasteiger partial charge in [-0.1, -0.05) is 212 Å². The molecule has 12 aromatic carbocycles. The van der Waals surface area contributed by atoms with Crippen molar-refractivity contribution in [3.8, 4) is 39.1 Å². The average molecular weight is 942 g/mol. The number of fused-ring (bicyclic) bond motifs is 13. The van der Waals surface area contributed by atoms with Gasteiger partial charge >= 0.3 is 0 Å². The minimum atomic E-state index is -0.618. The fourth-order valence-electron chi connectivity index (χ4n) is 12.8. The van der Waals surface area contributed by atoms with Gasteiger partial charge in [-0.25, -0.2) is 0 Å². The lowest BCUT2D eigenvalue weighted by Crippen LogP contribution is -2.36. The largest absolute Gasteiger partial charge is 0.310 e. The van der Waals surface area contributed by atoms with Crippen LogP contribution in [0.4, 0.5) is 34.1 Å². The van der Waals surface area contributed by atoms with Crippen LogP contribution in [0.3, 0.4) is 0 Å². The fourth-order valence-corrected chi connectivity index (χ4v) is 12.8. The molecule has 0 saturated heterocycles. The third kappa shape index (κ3) is 6.08. The summed E-state index contributed by atoms with van der Waals surface area (Å²) >= 11 is 0. The summed E-state index contributed by atoms with van der Waals surface area (Å²) in [6.45, 7) is 0. The molecule has 3 nitrogen and oxygen atoms in total. The maximum atomic E-state index is 2.54. The molecule has 346 valence electrons. The van der Waals surface area contributed by atoms with Crippen molar-refractivity contribution in [1.82, 2.24) is 4.57 Å². The highest BCUT2D eigenvalue weighted by atomic mass is 15.2. The van der Waals surface area contributed by atoms with Crippen molar-refractivity contribution < 1.29 is 0 Å². The lowest BCUT2D eigenvalue weighted by Gasteiger charge is -2.45. The zero-order chi connectivity index (χ0) is 48.7. The van der Waals surface area contributed by atoms with E-state index in [1.807, 2.05) is 0 Å². The second-order valence-corrected chi connectivity index (χ2v) is 19.5. The number of hydrogen-bond acceptors (Lipinski definition) is 2. The highest BCUT2D eigenvalue weighted by Gasteiger charge is 2.52. The molecular formula is C71H47N3. The molecule has 1 aromatic heterocycles. The first kappa shape index (κ1) is 42.0. The smallest absolute Gasteiger partial charge is 0.0755 e. The molecule has 1 aliphatic carbocycles. The van der Waals surface area contributed by atoms with Crippen LogP contribution in [0.25, 0.3) is 71.6 Å². The van der Waals surface area contributed by atoms with Gasteiger partial charge in [0.2, 0.25) is 0 Å². The summed E-state index contributed by atoms with van der Waals surface area (Å²) in [5, 5.41) is 4.96. The topological polar surface area (TPSA) is 11.4 Å². The van der Waals surface area contributed by atoms with Gasteiger partial charge < -0.3 is 14.4 Å². The molecule has 0 atom stereocenters. The number of anilines is 6. The molecule has 15 rings (SSSR count). The van der Waals surface area contributed by atoms with Gasteiger partial charge in [0.05, 0.1) is 39.2 Å². The predicted molar refractivity (Wildman–Crippen MR) is 309 cm³/mol. The summed E-state index contributed by atoms with van der Waals surface area (Å²) < 4.78 is 2.41. The maximum absolute atomic E-state index is 2.54. The Hall–Kier alpha value is -9.70. The van der Waals surface area contributed by atoms with Crippen LogP contribution in [-0.2, 0) is 5.41 Å². The van der Waals surface area contributed by atoms with E-state index >= 15 is 0 Å². The van der Waals surface area contributed by atoms with Crippen molar-refractivity contribution in [2.45, 2.75) is 5.41 Å². The van der Waals surface area contributed by atoms with Crippen LogP contribution < -0.4 is 9.80 Å². The average Bonchev–Trinajstić information content (AvgIpc) is 4.04. The van der Waals surface area contributed by atoms with E-state index in [1.54, 1.807) is 0 Å². The number of nitrogens with zero attached hydrogens (tertiary/aromatic N) is 3. The highest BCUT2D eigenvalue weighted by Crippen LogP contribution is 2.65. The molecule has 0 N–H and O–H groups in total. The van der Waals surface area contributed by atoms with Crippen LogP contribution in [0.2, 0.25) is 0 Å². The van der Waals surface area contributed by atoms with Crippen LogP contribution in [0, 0.1) is 0 Å². The van der Waals surface area contributed by atoms with Crippen molar-refractivity contribution in [1.29, 1.82) is 0 Å². The van der Waals surface area contributed by atoms with Gasteiger partial charge in [-0.3, -0.25) is 0 Å². The number of hydrogen-bond donors (Lipinski definition) is 0. The van der Waals surface area contributed by atoms with E-state index in [2.05, 4.69) is 299 Å². The minimum absolute atomic E-state index is 0.618. The summed E-state index contributed by atoms with van der Waals surface area (Å²) in [4.78, 5) is 4.99. The number of rotatable bonds is 7. The first-order valence-corrected chi connectivity index (χ1v) is 25.6. The van der Waals surface area contributed by atoms with Gasteiger partial charge in [-0.2, -0.15) is 0 Å². The molecule has 0 radical (unpaired) electrons. The molecule has 0 saturated carbocycles. The molecule has 0 amide bonds. The number of para-hydroxylation sites is 6. The Balaban J connectivity index is 1.00. The molecule has 1 aliphatic heterocycles. The number of aromatic nitrogens is 1. The molecular weight excluding hydrogens is 895 g/mol. The van der Waals surface area contributed by atoms with Crippen LogP contribution in [0.5, 0.6) is 0 Å². The summed E-state index contributed by atoms with van der Waals surface area (Å²) in [6.07, 6.45) is 0. The normalized spacial score (nSPS) is 12.9.